The fourth-order valence-corrected chi connectivity index (χ4v) is 1.66. The minimum Gasteiger partial charge on any atom is -0.276 e. The molecule has 0 heterocycles. The van der Waals surface area contributed by atoms with Crippen LogP contribution >= 0.6 is 0 Å². The van der Waals surface area contributed by atoms with Gasteiger partial charge in [-0.15, -0.1) is 0 Å². The number of aryl methyl sites for hydroxylation is 1. The highest BCUT2D eigenvalue weighted by atomic mass is 19.1. The van der Waals surface area contributed by atoms with E-state index in [0.717, 1.165) is 17.7 Å². The lowest BCUT2D eigenvalue weighted by Crippen LogP contribution is -1.97. The number of anilines is 1. The van der Waals surface area contributed by atoms with Crippen molar-refractivity contribution in [2.75, 3.05) is 5.43 Å². The first kappa shape index (κ1) is 14.1. The molecule has 5 heteroatoms. The molecule has 0 saturated heterocycles. The van der Waals surface area contributed by atoms with Gasteiger partial charge in [0.2, 0.25) is 0 Å². The highest BCUT2D eigenvalue weighted by molar-refractivity contribution is 5.63. The first-order chi connectivity index (χ1) is 9.56. The summed E-state index contributed by atoms with van der Waals surface area (Å²) in [7, 11) is 0. The number of halogens is 3. The van der Waals surface area contributed by atoms with E-state index in [-0.39, 0.29) is 17.9 Å². The molecule has 20 heavy (non-hydrogen) atoms. The second kappa shape index (κ2) is 6.23. The van der Waals surface area contributed by atoms with Gasteiger partial charge < -0.3 is 0 Å². The largest absolute Gasteiger partial charge is 0.276 e. The van der Waals surface area contributed by atoms with Crippen LogP contribution in [-0.2, 0) is 6.42 Å². The molecule has 0 aromatic heterocycles. The zero-order chi connectivity index (χ0) is 14.5. The third kappa shape index (κ3) is 3.60. The molecule has 0 aliphatic carbocycles. The van der Waals surface area contributed by atoms with Gasteiger partial charge in [0.25, 0.3) is 0 Å². The molecule has 0 spiro atoms. The maximum absolute atomic E-state index is 13.5. The molecule has 0 unspecified atom stereocenters. The second-order valence-corrected chi connectivity index (χ2v) is 4.35. The molecule has 0 fully saturated rings. The Labute approximate surface area is 114 Å². The third-order valence-electron chi connectivity index (χ3n) is 2.73. The van der Waals surface area contributed by atoms with E-state index < -0.39 is 11.6 Å². The SMILES string of the molecule is Cc1ccc(CC=NNc2ccc(F)cc2F)c(F)c1. The van der Waals surface area contributed by atoms with Crippen LogP contribution in [0, 0.1) is 24.4 Å². The van der Waals surface area contributed by atoms with Crippen molar-refractivity contribution in [2.45, 2.75) is 13.3 Å². The summed E-state index contributed by atoms with van der Waals surface area (Å²) in [6.45, 7) is 1.81. The first-order valence-corrected chi connectivity index (χ1v) is 6.04. The van der Waals surface area contributed by atoms with Crippen LogP contribution in [0.5, 0.6) is 0 Å². The Morgan fingerprint density at radius 2 is 1.85 bits per heavy atom. The summed E-state index contributed by atoms with van der Waals surface area (Å²) in [6.07, 6.45) is 1.71. The molecule has 104 valence electrons. The Kier molecular flexibility index (Phi) is 4.40. The van der Waals surface area contributed by atoms with Crippen LogP contribution < -0.4 is 5.43 Å². The fraction of sp³-hybridized carbons (Fsp3) is 0.133. The number of hydrogen-bond acceptors (Lipinski definition) is 2. The van der Waals surface area contributed by atoms with Crippen molar-refractivity contribution in [1.29, 1.82) is 0 Å². The highest BCUT2D eigenvalue weighted by Crippen LogP contribution is 2.14. The standard InChI is InChI=1S/C15H13F3N2/c1-10-2-3-11(13(17)8-10)6-7-19-20-15-5-4-12(16)9-14(15)18/h2-5,7-9,20H,6H2,1H3. The summed E-state index contributed by atoms with van der Waals surface area (Å²) in [5.41, 5.74) is 3.85. The van der Waals surface area contributed by atoms with Crippen molar-refractivity contribution < 1.29 is 13.2 Å². The van der Waals surface area contributed by atoms with Gasteiger partial charge >= 0.3 is 0 Å². The molecule has 0 aliphatic heterocycles. The summed E-state index contributed by atoms with van der Waals surface area (Å²) in [5, 5.41) is 3.79. The van der Waals surface area contributed by atoms with Crippen LogP contribution in [0.4, 0.5) is 18.9 Å². The summed E-state index contributed by atoms with van der Waals surface area (Å²) in [4.78, 5) is 0. The molecule has 0 radical (unpaired) electrons. The smallest absolute Gasteiger partial charge is 0.151 e. The monoisotopic (exact) mass is 278 g/mol. The summed E-state index contributed by atoms with van der Waals surface area (Å²) < 4.78 is 39.5. The van der Waals surface area contributed by atoms with E-state index in [4.69, 9.17) is 0 Å². The third-order valence-corrected chi connectivity index (χ3v) is 2.73. The van der Waals surface area contributed by atoms with E-state index in [2.05, 4.69) is 10.5 Å². The van der Waals surface area contributed by atoms with Crippen molar-refractivity contribution in [2.24, 2.45) is 5.10 Å². The molecule has 2 aromatic carbocycles. The van der Waals surface area contributed by atoms with Gasteiger partial charge in [0.05, 0.1) is 5.69 Å². The van der Waals surface area contributed by atoms with Gasteiger partial charge in [-0.3, -0.25) is 5.43 Å². The lowest BCUT2D eigenvalue weighted by Gasteiger charge is -2.02. The molecule has 0 amide bonds. The van der Waals surface area contributed by atoms with Crippen molar-refractivity contribution >= 4 is 11.9 Å². The van der Waals surface area contributed by atoms with Gasteiger partial charge in [-0.25, -0.2) is 13.2 Å². The van der Waals surface area contributed by atoms with E-state index >= 15 is 0 Å². The predicted octanol–water partition coefficient (Wildman–Crippen LogP) is 4.05. The Morgan fingerprint density at radius 3 is 2.55 bits per heavy atom. The van der Waals surface area contributed by atoms with Crippen LogP contribution in [0.15, 0.2) is 41.5 Å². The number of nitrogens with one attached hydrogen (secondary N) is 1. The molecular weight excluding hydrogens is 265 g/mol. The molecule has 2 nitrogen and oxygen atoms in total. The second-order valence-electron chi connectivity index (χ2n) is 4.35. The molecule has 2 rings (SSSR count). The van der Waals surface area contributed by atoms with Crippen LogP contribution in [-0.4, -0.2) is 6.21 Å². The predicted molar refractivity (Wildman–Crippen MR) is 73.3 cm³/mol. The minimum atomic E-state index is -0.733. The van der Waals surface area contributed by atoms with Gasteiger partial charge in [0.15, 0.2) is 5.82 Å². The summed E-state index contributed by atoms with van der Waals surface area (Å²) in [6, 6.07) is 8.05. The number of hydrazone groups is 1. The maximum atomic E-state index is 13.5. The zero-order valence-electron chi connectivity index (χ0n) is 10.8. The summed E-state index contributed by atoms with van der Waals surface area (Å²) >= 11 is 0. The molecule has 0 atom stereocenters. The quantitative estimate of drug-likeness (QED) is 0.662. The topological polar surface area (TPSA) is 24.4 Å². The van der Waals surface area contributed by atoms with Gasteiger partial charge in [-0.2, -0.15) is 5.10 Å². The number of hydrogen-bond donors (Lipinski definition) is 1. The van der Waals surface area contributed by atoms with Crippen LogP contribution in [0.25, 0.3) is 0 Å². The summed E-state index contributed by atoms with van der Waals surface area (Å²) in [5.74, 6) is -1.69. The van der Waals surface area contributed by atoms with Gasteiger partial charge in [0.1, 0.15) is 11.6 Å². The highest BCUT2D eigenvalue weighted by Gasteiger charge is 2.02. The minimum absolute atomic E-state index is 0.0621. The van der Waals surface area contributed by atoms with E-state index in [0.29, 0.717) is 5.56 Å². The molecule has 0 bridgehead atoms. The van der Waals surface area contributed by atoms with Crippen molar-refractivity contribution in [3.05, 3.63) is 65.0 Å². The van der Waals surface area contributed by atoms with Crippen LogP contribution in [0.1, 0.15) is 11.1 Å². The molecule has 1 N–H and O–H groups in total. The fourth-order valence-electron chi connectivity index (χ4n) is 1.66. The van der Waals surface area contributed by atoms with Gasteiger partial charge in [-0.05, 0) is 36.2 Å². The number of benzene rings is 2. The first-order valence-electron chi connectivity index (χ1n) is 6.04. The van der Waals surface area contributed by atoms with Gasteiger partial charge in [-0.1, -0.05) is 12.1 Å². The van der Waals surface area contributed by atoms with Crippen molar-refractivity contribution in [3.8, 4) is 0 Å². The van der Waals surface area contributed by atoms with E-state index in [1.165, 1.54) is 18.3 Å². The maximum Gasteiger partial charge on any atom is 0.151 e. The molecule has 2 aromatic rings. The van der Waals surface area contributed by atoms with Crippen LogP contribution in [0.2, 0.25) is 0 Å². The molecule has 0 saturated carbocycles. The Balaban J connectivity index is 1.97. The van der Waals surface area contributed by atoms with Crippen molar-refractivity contribution in [1.82, 2.24) is 0 Å². The Bertz CT molecular complexity index is 584. The van der Waals surface area contributed by atoms with E-state index in [9.17, 15) is 13.2 Å². The van der Waals surface area contributed by atoms with Gasteiger partial charge in [0, 0.05) is 18.7 Å². The number of nitrogens with zero attached hydrogens (tertiary/aromatic N) is 1. The zero-order valence-corrected chi connectivity index (χ0v) is 10.8. The lowest BCUT2D eigenvalue weighted by molar-refractivity contribution is 0.585. The lowest BCUT2D eigenvalue weighted by atomic mass is 10.1. The Hall–Kier alpha value is -2.30. The Morgan fingerprint density at radius 1 is 1.05 bits per heavy atom. The van der Waals surface area contributed by atoms with E-state index in [1.54, 1.807) is 19.1 Å². The normalized spacial score (nSPS) is 11.0. The van der Waals surface area contributed by atoms with E-state index in [1.807, 2.05) is 0 Å². The molecular formula is C15H13F3N2. The van der Waals surface area contributed by atoms with Crippen LogP contribution in [0.3, 0.4) is 0 Å². The average molecular weight is 278 g/mol. The number of rotatable bonds is 4. The van der Waals surface area contributed by atoms with Crippen molar-refractivity contribution in [3.63, 3.8) is 0 Å². The molecule has 0 aliphatic rings. The average Bonchev–Trinajstić information content (AvgIpc) is 2.39.